The van der Waals surface area contributed by atoms with Gasteiger partial charge < -0.3 is 0 Å². The minimum absolute atomic E-state index is 0.0129. The second-order valence-electron chi connectivity index (χ2n) is 5.20. The summed E-state index contributed by atoms with van der Waals surface area (Å²) in [5.74, 6) is 0.0446. The highest BCUT2D eigenvalue weighted by atomic mass is 16.2. The summed E-state index contributed by atoms with van der Waals surface area (Å²) in [6, 6.07) is 0. The lowest BCUT2D eigenvalue weighted by Crippen LogP contribution is -2.52. The Morgan fingerprint density at radius 1 is 1.00 bits per heavy atom. The first-order valence-electron chi connectivity index (χ1n) is 6.58. The zero-order chi connectivity index (χ0) is 11.8. The van der Waals surface area contributed by atoms with Gasteiger partial charge in [0.15, 0.2) is 5.78 Å². The van der Waals surface area contributed by atoms with Crippen LogP contribution in [0.1, 0.15) is 32.1 Å². The minimum Gasteiger partial charge on any atom is -0.297 e. The molecule has 0 aromatic rings. The van der Waals surface area contributed by atoms with Gasteiger partial charge >= 0.3 is 0 Å². The molecular formula is C12H19N3O2. The summed E-state index contributed by atoms with van der Waals surface area (Å²) in [5.41, 5.74) is 0. The highest BCUT2D eigenvalue weighted by Gasteiger charge is 2.40. The van der Waals surface area contributed by atoms with Crippen LogP contribution in [0.3, 0.4) is 0 Å². The molecule has 5 heteroatoms. The topological polar surface area (TPSA) is 43.9 Å². The Kier molecular flexibility index (Phi) is 2.88. The molecule has 3 saturated heterocycles. The number of hydrogen-bond acceptors (Lipinski definition) is 4. The van der Waals surface area contributed by atoms with Crippen molar-refractivity contribution < 1.29 is 9.59 Å². The molecule has 1 unspecified atom stereocenters. The summed E-state index contributed by atoms with van der Waals surface area (Å²) in [6.45, 7) is 3.48. The number of hydrogen-bond donors (Lipinski definition) is 0. The highest BCUT2D eigenvalue weighted by molar-refractivity contribution is 6.05. The largest absolute Gasteiger partial charge is 0.297 e. The van der Waals surface area contributed by atoms with Crippen molar-refractivity contribution in [3.05, 3.63) is 0 Å². The van der Waals surface area contributed by atoms with Crippen LogP contribution in [-0.2, 0) is 9.59 Å². The van der Waals surface area contributed by atoms with Gasteiger partial charge in [0.1, 0.15) is 0 Å². The Labute approximate surface area is 101 Å². The van der Waals surface area contributed by atoms with Crippen LogP contribution in [0.2, 0.25) is 0 Å². The predicted molar refractivity (Wildman–Crippen MR) is 61.9 cm³/mol. The fraction of sp³-hybridized carbons (Fsp3) is 0.833. The monoisotopic (exact) mass is 237 g/mol. The maximum absolute atomic E-state index is 11.8. The fourth-order valence-electron chi connectivity index (χ4n) is 3.23. The maximum Gasteiger partial charge on any atom is 0.244 e. The maximum atomic E-state index is 11.8. The lowest BCUT2D eigenvalue weighted by molar-refractivity contribution is -0.151. The molecule has 0 aromatic carbocycles. The van der Waals surface area contributed by atoms with Crippen molar-refractivity contribution in [3.63, 3.8) is 0 Å². The van der Waals surface area contributed by atoms with Crippen LogP contribution in [0, 0.1) is 0 Å². The first-order valence-corrected chi connectivity index (χ1v) is 6.58. The van der Waals surface area contributed by atoms with Gasteiger partial charge in [-0.25, -0.2) is 5.01 Å². The van der Waals surface area contributed by atoms with Crippen LogP contribution in [0.15, 0.2) is 0 Å². The number of nitrogens with zero attached hydrogens (tertiary/aromatic N) is 3. The van der Waals surface area contributed by atoms with Gasteiger partial charge in [-0.1, -0.05) is 0 Å². The molecule has 0 saturated carbocycles. The van der Waals surface area contributed by atoms with Gasteiger partial charge in [-0.3, -0.25) is 19.5 Å². The van der Waals surface area contributed by atoms with E-state index in [-0.39, 0.29) is 18.1 Å². The fourth-order valence-corrected chi connectivity index (χ4v) is 3.23. The van der Waals surface area contributed by atoms with Gasteiger partial charge in [-0.05, 0) is 38.8 Å². The van der Waals surface area contributed by atoms with E-state index in [1.54, 1.807) is 5.01 Å². The zero-order valence-corrected chi connectivity index (χ0v) is 10.1. The number of ketones is 1. The van der Waals surface area contributed by atoms with Crippen molar-refractivity contribution in [2.75, 3.05) is 26.2 Å². The average molecular weight is 237 g/mol. The Balaban J connectivity index is 1.72. The van der Waals surface area contributed by atoms with Gasteiger partial charge in [0.25, 0.3) is 0 Å². The van der Waals surface area contributed by atoms with Crippen LogP contribution in [0.4, 0.5) is 0 Å². The molecule has 0 bridgehead atoms. The third kappa shape index (κ3) is 1.98. The molecule has 5 nitrogen and oxygen atoms in total. The summed E-state index contributed by atoms with van der Waals surface area (Å²) >= 11 is 0. The van der Waals surface area contributed by atoms with E-state index in [2.05, 4.69) is 9.91 Å². The summed E-state index contributed by atoms with van der Waals surface area (Å²) in [6.07, 6.45) is 5.22. The van der Waals surface area contributed by atoms with Gasteiger partial charge in [0.05, 0.1) is 19.1 Å². The number of carbonyl (C=O) groups excluding carboxylic acids is 2. The Morgan fingerprint density at radius 3 is 2.41 bits per heavy atom. The second kappa shape index (κ2) is 4.38. The average Bonchev–Trinajstić information content (AvgIpc) is 2.97. The molecule has 3 rings (SSSR count). The van der Waals surface area contributed by atoms with E-state index in [1.165, 1.54) is 12.8 Å². The van der Waals surface area contributed by atoms with E-state index < -0.39 is 0 Å². The number of hydrazine groups is 1. The van der Waals surface area contributed by atoms with Gasteiger partial charge in [0.2, 0.25) is 5.91 Å². The lowest BCUT2D eigenvalue weighted by Gasteiger charge is -2.37. The van der Waals surface area contributed by atoms with E-state index in [0.29, 0.717) is 12.7 Å². The van der Waals surface area contributed by atoms with Crippen LogP contribution >= 0.6 is 0 Å². The molecule has 3 aliphatic heterocycles. The summed E-state index contributed by atoms with van der Waals surface area (Å²) in [5, 5.41) is 3.83. The quantitative estimate of drug-likeness (QED) is 0.644. The van der Waals surface area contributed by atoms with Crippen molar-refractivity contribution in [1.82, 2.24) is 14.9 Å². The SMILES string of the molecule is O=C1CC(=O)N(N2CCCC2N2CCCC2)C1. The molecule has 0 spiro atoms. The Morgan fingerprint density at radius 2 is 1.76 bits per heavy atom. The van der Waals surface area contributed by atoms with Crippen molar-refractivity contribution >= 4 is 11.7 Å². The number of carbonyl (C=O) groups is 2. The molecule has 0 aromatic heterocycles. The van der Waals surface area contributed by atoms with Crippen molar-refractivity contribution in [3.8, 4) is 0 Å². The molecule has 17 heavy (non-hydrogen) atoms. The van der Waals surface area contributed by atoms with Crippen LogP contribution < -0.4 is 0 Å². The zero-order valence-electron chi connectivity index (χ0n) is 10.1. The molecule has 94 valence electrons. The number of rotatable bonds is 2. The summed E-state index contributed by atoms with van der Waals surface area (Å²) in [7, 11) is 0. The number of Topliss-reactive ketones (excluding diaryl/α,β-unsaturated/α-hetero) is 1. The number of likely N-dealkylation sites (tertiary alicyclic amines) is 1. The van der Waals surface area contributed by atoms with E-state index >= 15 is 0 Å². The van der Waals surface area contributed by atoms with Gasteiger partial charge in [0, 0.05) is 6.54 Å². The van der Waals surface area contributed by atoms with Gasteiger partial charge in [-0.2, -0.15) is 0 Å². The third-order valence-corrected chi connectivity index (χ3v) is 4.03. The van der Waals surface area contributed by atoms with Crippen LogP contribution in [-0.4, -0.2) is 59.0 Å². The molecule has 3 fully saturated rings. The minimum atomic E-state index is -0.0129. The molecule has 0 aliphatic carbocycles. The predicted octanol–water partition coefficient (Wildman–Crippen LogP) is 0.220. The summed E-state index contributed by atoms with van der Waals surface area (Å²) in [4.78, 5) is 25.6. The normalized spacial score (nSPS) is 32.0. The molecule has 1 atom stereocenters. The standard InChI is InChI=1S/C12H19N3O2/c16-10-8-12(17)15(9-10)14-7-3-4-11(14)13-5-1-2-6-13/h11H,1-9H2. The van der Waals surface area contributed by atoms with E-state index in [1.807, 2.05) is 0 Å². The van der Waals surface area contributed by atoms with Crippen LogP contribution in [0.25, 0.3) is 0 Å². The van der Waals surface area contributed by atoms with E-state index in [4.69, 9.17) is 0 Å². The molecule has 0 radical (unpaired) electrons. The van der Waals surface area contributed by atoms with E-state index in [9.17, 15) is 9.59 Å². The van der Waals surface area contributed by atoms with Crippen molar-refractivity contribution in [2.45, 2.75) is 38.3 Å². The molecule has 3 heterocycles. The summed E-state index contributed by atoms with van der Waals surface area (Å²) < 4.78 is 0. The first kappa shape index (κ1) is 11.2. The Bertz CT molecular complexity index is 339. The second-order valence-corrected chi connectivity index (χ2v) is 5.20. The van der Waals surface area contributed by atoms with Gasteiger partial charge in [-0.15, -0.1) is 0 Å². The van der Waals surface area contributed by atoms with E-state index in [0.717, 1.165) is 32.5 Å². The molecule has 3 aliphatic rings. The molecule has 1 amide bonds. The first-order chi connectivity index (χ1) is 8.25. The van der Waals surface area contributed by atoms with Crippen molar-refractivity contribution in [1.29, 1.82) is 0 Å². The van der Waals surface area contributed by atoms with Crippen molar-refractivity contribution in [2.24, 2.45) is 0 Å². The highest BCUT2D eigenvalue weighted by Crippen LogP contribution is 2.27. The molecule has 0 N–H and O–H groups in total. The third-order valence-electron chi connectivity index (χ3n) is 4.03. The smallest absolute Gasteiger partial charge is 0.244 e. The lowest BCUT2D eigenvalue weighted by atomic mass is 10.3. The van der Waals surface area contributed by atoms with Crippen LogP contribution in [0.5, 0.6) is 0 Å². The molecular weight excluding hydrogens is 218 g/mol. The Hall–Kier alpha value is -0.940. The number of amides is 1.